The van der Waals surface area contributed by atoms with Crippen LogP contribution >= 0.6 is 11.6 Å². The number of para-hydroxylation sites is 1. The Morgan fingerprint density at radius 3 is 2.38 bits per heavy atom. The highest BCUT2D eigenvalue weighted by Crippen LogP contribution is 2.32. The largest absolute Gasteiger partial charge is 0.369 e. The monoisotopic (exact) mass is 446 g/mol. The van der Waals surface area contributed by atoms with Crippen LogP contribution in [0.25, 0.3) is 0 Å². The minimum absolute atomic E-state index is 0.0131. The zero-order chi connectivity index (χ0) is 21.9. The third-order valence-electron chi connectivity index (χ3n) is 6.36. The fraction of sp³-hybridized carbons (Fsp3) is 0.269. The van der Waals surface area contributed by atoms with Gasteiger partial charge in [0, 0.05) is 50.0 Å². The Bertz CT molecular complexity index is 1080. The molecule has 1 unspecified atom stereocenters. The molecule has 164 valence electrons. The van der Waals surface area contributed by atoms with Crippen LogP contribution < -0.4 is 15.1 Å². The Morgan fingerprint density at radius 2 is 1.59 bits per heavy atom. The molecule has 5 nitrogen and oxygen atoms in total. The number of hydrogen-bond acceptors (Lipinski definition) is 4. The Labute approximate surface area is 194 Å². The van der Waals surface area contributed by atoms with Crippen LogP contribution in [-0.4, -0.2) is 50.1 Å². The number of piperazine rings is 1. The number of hydrogen-bond donors (Lipinski definition) is 1. The van der Waals surface area contributed by atoms with E-state index >= 15 is 0 Å². The SMILES string of the molecule is O=C1NC(c2ccccc2)N(CCN2CCN(c3cccc(Cl)c3)CC2)c2ccccc21. The molecule has 0 radical (unpaired) electrons. The van der Waals surface area contributed by atoms with Crippen molar-refractivity contribution in [2.24, 2.45) is 0 Å². The fourth-order valence-electron chi connectivity index (χ4n) is 4.63. The number of carbonyl (C=O) groups excluding carboxylic acids is 1. The minimum atomic E-state index is -0.161. The van der Waals surface area contributed by atoms with Crippen molar-refractivity contribution in [2.45, 2.75) is 6.17 Å². The Morgan fingerprint density at radius 1 is 0.844 bits per heavy atom. The van der Waals surface area contributed by atoms with E-state index in [4.69, 9.17) is 11.6 Å². The van der Waals surface area contributed by atoms with Gasteiger partial charge in [0.05, 0.1) is 11.3 Å². The molecule has 6 heteroatoms. The van der Waals surface area contributed by atoms with E-state index in [9.17, 15) is 4.79 Å². The Balaban J connectivity index is 1.29. The summed E-state index contributed by atoms with van der Waals surface area (Å²) in [5.74, 6) is -0.0131. The van der Waals surface area contributed by atoms with Gasteiger partial charge in [-0.3, -0.25) is 9.69 Å². The van der Waals surface area contributed by atoms with E-state index in [2.05, 4.69) is 44.3 Å². The van der Waals surface area contributed by atoms with Crippen molar-refractivity contribution in [3.8, 4) is 0 Å². The first-order valence-corrected chi connectivity index (χ1v) is 11.5. The van der Waals surface area contributed by atoms with E-state index in [1.165, 1.54) is 5.69 Å². The van der Waals surface area contributed by atoms with E-state index in [-0.39, 0.29) is 12.1 Å². The molecule has 3 aromatic carbocycles. The van der Waals surface area contributed by atoms with Gasteiger partial charge < -0.3 is 15.1 Å². The lowest BCUT2D eigenvalue weighted by Crippen LogP contribution is -2.52. The lowest BCUT2D eigenvalue weighted by atomic mass is 10.0. The number of nitrogens with one attached hydrogen (secondary N) is 1. The van der Waals surface area contributed by atoms with E-state index in [0.29, 0.717) is 0 Å². The molecule has 0 bridgehead atoms. The lowest BCUT2D eigenvalue weighted by Gasteiger charge is -2.41. The maximum absolute atomic E-state index is 12.8. The van der Waals surface area contributed by atoms with Crippen LogP contribution in [0.3, 0.4) is 0 Å². The second kappa shape index (κ2) is 9.23. The number of anilines is 2. The van der Waals surface area contributed by atoms with Crippen LogP contribution in [0.15, 0.2) is 78.9 Å². The zero-order valence-electron chi connectivity index (χ0n) is 18.0. The van der Waals surface area contributed by atoms with Gasteiger partial charge in [-0.05, 0) is 35.9 Å². The Kier molecular flexibility index (Phi) is 6.02. The molecule has 5 rings (SSSR count). The summed E-state index contributed by atoms with van der Waals surface area (Å²) in [6, 6.07) is 26.2. The van der Waals surface area contributed by atoms with Gasteiger partial charge >= 0.3 is 0 Å². The lowest BCUT2D eigenvalue weighted by molar-refractivity contribution is 0.0925. The van der Waals surface area contributed by atoms with Gasteiger partial charge in [-0.2, -0.15) is 0 Å². The topological polar surface area (TPSA) is 38.8 Å². The molecular weight excluding hydrogens is 420 g/mol. The minimum Gasteiger partial charge on any atom is -0.369 e. The average molecular weight is 447 g/mol. The van der Waals surface area contributed by atoms with Crippen LogP contribution in [0.5, 0.6) is 0 Å². The molecule has 2 aliphatic rings. The molecule has 1 atom stereocenters. The molecule has 0 aliphatic carbocycles. The highest BCUT2D eigenvalue weighted by Gasteiger charge is 2.31. The third kappa shape index (κ3) is 4.31. The van der Waals surface area contributed by atoms with Gasteiger partial charge in [-0.15, -0.1) is 0 Å². The molecule has 2 heterocycles. The van der Waals surface area contributed by atoms with E-state index in [1.54, 1.807) is 0 Å². The van der Waals surface area contributed by atoms with Crippen molar-refractivity contribution in [3.05, 3.63) is 95.0 Å². The smallest absolute Gasteiger partial charge is 0.255 e. The van der Waals surface area contributed by atoms with Crippen molar-refractivity contribution < 1.29 is 4.79 Å². The number of benzene rings is 3. The molecule has 32 heavy (non-hydrogen) atoms. The second-order valence-corrected chi connectivity index (χ2v) is 8.74. The number of nitrogens with zero attached hydrogens (tertiary/aromatic N) is 3. The summed E-state index contributed by atoms with van der Waals surface area (Å²) < 4.78 is 0. The molecule has 0 saturated carbocycles. The van der Waals surface area contributed by atoms with Crippen LogP contribution in [0, 0.1) is 0 Å². The van der Waals surface area contributed by atoms with E-state index < -0.39 is 0 Å². The number of fused-ring (bicyclic) bond motifs is 1. The normalized spacial score (nSPS) is 18.9. The zero-order valence-corrected chi connectivity index (χ0v) is 18.7. The average Bonchev–Trinajstić information content (AvgIpc) is 2.84. The van der Waals surface area contributed by atoms with E-state index in [0.717, 1.165) is 61.1 Å². The molecule has 1 saturated heterocycles. The molecule has 0 aromatic heterocycles. The quantitative estimate of drug-likeness (QED) is 0.630. The van der Waals surface area contributed by atoms with Crippen LogP contribution in [0.1, 0.15) is 22.1 Å². The standard InChI is InChI=1S/C26H27ClN4O/c27-21-9-6-10-22(19-21)30-16-13-29(14-17-30)15-18-31-24-12-5-4-11-23(24)26(32)28-25(31)20-7-2-1-3-8-20/h1-12,19,25H,13-18H2,(H,28,32). The predicted molar refractivity (Wildman–Crippen MR) is 131 cm³/mol. The highest BCUT2D eigenvalue weighted by atomic mass is 35.5. The molecule has 1 fully saturated rings. The van der Waals surface area contributed by atoms with Crippen LogP contribution in [0.4, 0.5) is 11.4 Å². The fourth-order valence-corrected chi connectivity index (χ4v) is 4.82. The molecular formula is C26H27ClN4O. The molecule has 3 aromatic rings. The first kappa shape index (κ1) is 20.9. The highest BCUT2D eigenvalue weighted by molar-refractivity contribution is 6.30. The van der Waals surface area contributed by atoms with Crippen molar-refractivity contribution >= 4 is 28.9 Å². The van der Waals surface area contributed by atoms with Crippen LogP contribution in [0.2, 0.25) is 5.02 Å². The molecule has 1 amide bonds. The molecule has 0 spiro atoms. The molecule has 1 N–H and O–H groups in total. The van der Waals surface area contributed by atoms with Crippen molar-refractivity contribution in [1.29, 1.82) is 0 Å². The second-order valence-electron chi connectivity index (χ2n) is 8.31. The summed E-state index contributed by atoms with van der Waals surface area (Å²) in [5, 5.41) is 3.99. The van der Waals surface area contributed by atoms with Crippen molar-refractivity contribution in [3.63, 3.8) is 0 Å². The van der Waals surface area contributed by atoms with Gasteiger partial charge in [0.25, 0.3) is 5.91 Å². The summed E-state index contributed by atoms with van der Waals surface area (Å²) in [6.45, 7) is 5.76. The summed E-state index contributed by atoms with van der Waals surface area (Å²) in [4.78, 5) is 20.0. The van der Waals surface area contributed by atoms with Gasteiger partial charge in [0.15, 0.2) is 0 Å². The summed E-state index contributed by atoms with van der Waals surface area (Å²) in [7, 11) is 0. The van der Waals surface area contributed by atoms with Gasteiger partial charge in [0.2, 0.25) is 0 Å². The number of carbonyl (C=O) groups is 1. The van der Waals surface area contributed by atoms with Crippen molar-refractivity contribution in [2.75, 3.05) is 49.1 Å². The Hall–Kier alpha value is -3.02. The van der Waals surface area contributed by atoms with Crippen LogP contribution in [-0.2, 0) is 0 Å². The van der Waals surface area contributed by atoms with Gasteiger partial charge in [0.1, 0.15) is 6.17 Å². The maximum Gasteiger partial charge on any atom is 0.255 e. The van der Waals surface area contributed by atoms with Gasteiger partial charge in [-0.25, -0.2) is 0 Å². The summed E-state index contributed by atoms with van der Waals surface area (Å²) in [5.41, 5.74) is 4.03. The van der Waals surface area contributed by atoms with Crippen molar-refractivity contribution in [1.82, 2.24) is 10.2 Å². The maximum atomic E-state index is 12.8. The first-order chi connectivity index (χ1) is 15.7. The van der Waals surface area contributed by atoms with E-state index in [1.807, 2.05) is 54.6 Å². The summed E-state index contributed by atoms with van der Waals surface area (Å²) in [6.07, 6.45) is -0.161. The molecule has 2 aliphatic heterocycles. The summed E-state index contributed by atoms with van der Waals surface area (Å²) >= 11 is 6.17. The predicted octanol–water partition coefficient (Wildman–Crippen LogP) is 4.41. The first-order valence-electron chi connectivity index (χ1n) is 11.1. The number of rotatable bonds is 5. The number of halogens is 1. The third-order valence-corrected chi connectivity index (χ3v) is 6.59. The number of amides is 1. The van der Waals surface area contributed by atoms with Gasteiger partial charge in [-0.1, -0.05) is 60.1 Å².